The van der Waals surface area contributed by atoms with Crippen molar-refractivity contribution in [3.05, 3.63) is 57.3 Å². The number of hydrogen-bond donors (Lipinski definition) is 3. The van der Waals surface area contributed by atoms with Crippen LogP contribution in [0.2, 0.25) is 0 Å². The Kier molecular flexibility index (Phi) is 3.21. The molecule has 3 N–H and O–H groups in total. The Balaban J connectivity index is 1.82. The molecule has 1 aliphatic carbocycles. The normalized spacial score (nSPS) is 12.2. The SMILES string of the molecule is O=C(O)CCc1ccc2c(c1)Cc1c-2[nH]c(=O)c2nc(C(=O)O)cn12. The summed E-state index contributed by atoms with van der Waals surface area (Å²) in [5.74, 6) is -2.04. The van der Waals surface area contributed by atoms with Gasteiger partial charge in [-0.1, -0.05) is 18.2 Å². The van der Waals surface area contributed by atoms with Crippen LogP contribution < -0.4 is 5.56 Å². The highest BCUT2D eigenvalue weighted by atomic mass is 16.4. The number of H-pyrrole nitrogens is 1. The predicted octanol–water partition coefficient (Wildman–Crippen LogP) is 1.31. The van der Waals surface area contributed by atoms with Crippen molar-refractivity contribution in [3.63, 3.8) is 0 Å². The van der Waals surface area contributed by atoms with Gasteiger partial charge in [0.15, 0.2) is 5.69 Å². The molecule has 4 rings (SSSR count). The highest BCUT2D eigenvalue weighted by molar-refractivity contribution is 5.86. The van der Waals surface area contributed by atoms with E-state index in [0.29, 0.717) is 18.5 Å². The summed E-state index contributed by atoms with van der Waals surface area (Å²) in [6.45, 7) is 0. The van der Waals surface area contributed by atoms with Gasteiger partial charge in [0.25, 0.3) is 5.56 Å². The number of aromatic nitrogens is 3. The molecule has 8 heteroatoms. The molecule has 2 heterocycles. The number of aromatic amines is 1. The van der Waals surface area contributed by atoms with Crippen molar-refractivity contribution >= 4 is 17.6 Å². The van der Waals surface area contributed by atoms with Gasteiger partial charge in [-0.25, -0.2) is 9.78 Å². The molecule has 3 aromatic rings. The largest absolute Gasteiger partial charge is 0.481 e. The molecule has 0 unspecified atom stereocenters. The lowest BCUT2D eigenvalue weighted by molar-refractivity contribution is -0.136. The van der Waals surface area contributed by atoms with Gasteiger partial charge in [0.2, 0.25) is 5.65 Å². The van der Waals surface area contributed by atoms with E-state index >= 15 is 0 Å². The quantitative estimate of drug-likeness (QED) is 0.515. The molecule has 8 nitrogen and oxygen atoms in total. The first kappa shape index (κ1) is 15.1. The predicted molar refractivity (Wildman–Crippen MR) is 87.0 cm³/mol. The molecule has 126 valence electrons. The first-order chi connectivity index (χ1) is 11.9. The third-order valence-corrected chi connectivity index (χ3v) is 4.37. The molecule has 0 aliphatic heterocycles. The molecular weight excluding hydrogens is 326 g/mol. The number of carboxylic acid groups (broad SMARTS) is 2. The molecule has 0 fully saturated rings. The van der Waals surface area contributed by atoms with Crippen molar-refractivity contribution in [2.75, 3.05) is 0 Å². The minimum absolute atomic E-state index is 0.0510. The zero-order valence-electron chi connectivity index (χ0n) is 12.9. The van der Waals surface area contributed by atoms with Crippen LogP contribution in [0.25, 0.3) is 16.9 Å². The molecule has 1 aromatic carbocycles. The van der Waals surface area contributed by atoms with Crippen LogP contribution in [0, 0.1) is 0 Å². The molecular formula is C17H13N3O5. The maximum absolute atomic E-state index is 12.2. The minimum Gasteiger partial charge on any atom is -0.481 e. The second kappa shape index (κ2) is 5.30. The van der Waals surface area contributed by atoms with Crippen molar-refractivity contribution in [3.8, 4) is 11.3 Å². The summed E-state index contributed by atoms with van der Waals surface area (Å²) in [6, 6.07) is 5.63. The van der Waals surface area contributed by atoms with E-state index in [2.05, 4.69) is 9.97 Å². The Hall–Kier alpha value is -3.42. The van der Waals surface area contributed by atoms with Gasteiger partial charge in [-0.2, -0.15) is 0 Å². The Bertz CT molecular complexity index is 1110. The van der Waals surface area contributed by atoms with Gasteiger partial charge in [0, 0.05) is 24.6 Å². The van der Waals surface area contributed by atoms with Crippen LogP contribution in [-0.4, -0.2) is 36.5 Å². The van der Waals surface area contributed by atoms with Crippen LogP contribution in [0.15, 0.2) is 29.2 Å². The van der Waals surface area contributed by atoms with Crippen molar-refractivity contribution in [1.29, 1.82) is 0 Å². The standard InChI is InChI=1S/C17H13N3O5/c21-13(22)4-2-8-1-3-10-9(5-8)6-12-14(10)19-16(23)15-18-11(17(24)25)7-20(12)15/h1,3,5,7H,2,4,6H2,(H,19,23)(H,21,22)(H,24,25). The van der Waals surface area contributed by atoms with Crippen LogP contribution >= 0.6 is 0 Å². The van der Waals surface area contributed by atoms with Crippen LogP contribution in [0.1, 0.15) is 33.7 Å². The van der Waals surface area contributed by atoms with E-state index in [1.807, 2.05) is 18.2 Å². The fourth-order valence-corrected chi connectivity index (χ4v) is 3.23. The minimum atomic E-state index is -1.19. The van der Waals surface area contributed by atoms with Gasteiger partial charge < -0.3 is 15.2 Å². The van der Waals surface area contributed by atoms with Crippen molar-refractivity contribution < 1.29 is 19.8 Å². The maximum Gasteiger partial charge on any atom is 0.356 e. The van der Waals surface area contributed by atoms with E-state index in [0.717, 1.165) is 22.4 Å². The Morgan fingerprint density at radius 1 is 1.28 bits per heavy atom. The summed E-state index contributed by atoms with van der Waals surface area (Å²) < 4.78 is 1.52. The summed E-state index contributed by atoms with van der Waals surface area (Å²) in [5, 5.41) is 17.9. The van der Waals surface area contributed by atoms with Gasteiger partial charge in [-0.15, -0.1) is 0 Å². The topological polar surface area (TPSA) is 125 Å². The van der Waals surface area contributed by atoms with Gasteiger partial charge >= 0.3 is 11.9 Å². The third kappa shape index (κ3) is 2.38. The molecule has 0 atom stereocenters. The molecule has 0 amide bonds. The number of nitrogens with zero attached hydrogens (tertiary/aromatic N) is 2. The summed E-state index contributed by atoms with van der Waals surface area (Å²) >= 11 is 0. The molecule has 0 radical (unpaired) electrons. The van der Waals surface area contributed by atoms with Crippen LogP contribution in [0.4, 0.5) is 0 Å². The molecule has 0 bridgehead atoms. The summed E-state index contributed by atoms with van der Waals surface area (Å²) in [4.78, 5) is 40.8. The molecule has 2 aromatic heterocycles. The van der Waals surface area contributed by atoms with Gasteiger partial charge in [0.05, 0.1) is 11.4 Å². The van der Waals surface area contributed by atoms with Crippen molar-refractivity contribution in [1.82, 2.24) is 14.4 Å². The number of carboxylic acids is 2. The second-order valence-corrected chi connectivity index (χ2v) is 5.96. The Morgan fingerprint density at radius 3 is 2.80 bits per heavy atom. The average Bonchev–Trinajstić information content (AvgIpc) is 3.15. The smallest absolute Gasteiger partial charge is 0.356 e. The zero-order chi connectivity index (χ0) is 17.7. The fourth-order valence-electron chi connectivity index (χ4n) is 3.23. The number of nitrogens with one attached hydrogen (secondary N) is 1. The van der Waals surface area contributed by atoms with Gasteiger partial charge in [-0.3, -0.25) is 14.0 Å². The van der Waals surface area contributed by atoms with E-state index in [-0.39, 0.29) is 17.8 Å². The molecule has 1 aliphatic rings. The average molecular weight is 339 g/mol. The van der Waals surface area contributed by atoms with Crippen LogP contribution in [-0.2, 0) is 17.6 Å². The maximum atomic E-state index is 12.2. The molecule has 25 heavy (non-hydrogen) atoms. The van der Waals surface area contributed by atoms with E-state index in [1.165, 1.54) is 10.6 Å². The number of benzene rings is 1. The van der Waals surface area contributed by atoms with E-state index in [1.54, 1.807) is 0 Å². The number of rotatable bonds is 4. The lowest BCUT2D eigenvalue weighted by atomic mass is 10.0. The molecule has 0 saturated carbocycles. The summed E-state index contributed by atoms with van der Waals surface area (Å²) in [6.07, 6.45) is 2.34. The van der Waals surface area contributed by atoms with Gasteiger partial charge in [-0.05, 0) is 17.5 Å². The lowest BCUT2D eigenvalue weighted by Crippen LogP contribution is -2.13. The zero-order valence-corrected chi connectivity index (χ0v) is 12.9. The number of hydrogen-bond acceptors (Lipinski definition) is 4. The first-order valence-corrected chi connectivity index (χ1v) is 7.65. The Morgan fingerprint density at radius 2 is 2.08 bits per heavy atom. The number of aryl methyl sites for hydroxylation is 1. The van der Waals surface area contributed by atoms with Crippen molar-refractivity contribution in [2.45, 2.75) is 19.3 Å². The summed E-state index contributed by atoms with van der Waals surface area (Å²) in [7, 11) is 0. The van der Waals surface area contributed by atoms with Crippen LogP contribution in [0.5, 0.6) is 0 Å². The highest BCUT2D eigenvalue weighted by Crippen LogP contribution is 2.35. The number of carbonyl (C=O) groups is 2. The lowest BCUT2D eigenvalue weighted by Gasteiger charge is -2.04. The first-order valence-electron chi connectivity index (χ1n) is 7.65. The number of aromatic carboxylic acids is 1. The highest BCUT2D eigenvalue weighted by Gasteiger charge is 2.25. The fraction of sp³-hybridized carbons (Fsp3) is 0.176. The number of aliphatic carboxylic acids is 1. The number of imidazole rings is 1. The monoisotopic (exact) mass is 339 g/mol. The van der Waals surface area contributed by atoms with Gasteiger partial charge in [0.1, 0.15) is 0 Å². The van der Waals surface area contributed by atoms with E-state index < -0.39 is 17.5 Å². The third-order valence-electron chi connectivity index (χ3n) is 4.37. The van der Waals surface area contributed by atoms with Crippen LogP contribution in [0.3, 0.4) is 0 Å². The second-order valence-electron chi connectivity index (χ2n) is 5.96. The summed E-state index contributed by atoms with van der Waals surface area (Å²) in [5.41, 5.74) is 3.56. The van der Waals surface area contributed by atoms with E-state index in [9.17, 15) is 14.4 Å². The molecule has 0 saturated heterocycles. The Labute approximate surface area is 140 Å². The van der Waals surface area contributed by atoms with Crippen molar-refractivity contribution in [2.24, 2.45) is 0 Å². The van der Waals surface area contributed by atoms with E-state index in [4.69, 9.17) is 10.2 Å². The molecule has 0 spiro atoms. The number of fused-ring (bicyclic) bond motifs is 5.